The molecule has 1 aromatic heterocycles. The summed E-state index contributed by atoms with van der Waals surface area (Å²) in [6, 6.07) is 12.8. The van der Waals surface area contributed by atoms with Gasteiger partial charge in [-0.1, -0.05) is 24.3 Å². The van der Waals surface area contributed by atoms with Gasteiger partial charge in [0.2, 0.25) is 5.88 Å². The normalized spacial score (nSPS) is 15.6. The second-order valence-electron chi connectivity index (χ2n) is 7.33. The highest BCUT2D eigenvalue weighted by atomic mass is 16.5. The Kier molecular flexibility index (Phi) is 4.91. The second-order valence-corrected chi connectivity index (χ2v) is 7.33. The number of aryl methyl sites for hydroxylation is 2. The summed E-state index contributed by atoms with van der Waals surface area (Å²) in [5.74, 6) is 0.264. The number of hydrogen-bond acceptors (Lipinski definition) is 6. The van der Waals surface area contributed by atoms with Gasteiger partial charge >= 0.3 is 5.69 Å². The van der Waals surface area contributed by atoms with Crippen LogP contribution in [0.1, 0.15) is 34.7 Å². The summed E-state index contributed by atoms with van der Waals surface area (Å²) in [4.78, 5) is 27.4. The van der Waals surface area contributed by atoms with Crippen LogP contribution in [0.5, 0.6) is 11.6 Å². The number of H-pyrrole nitrogens is 1. The third-order valence-electron chi connectivity index (χ3n) is 5.11. The average molecular weight is 406 g/mol. The van der Waals surface area contributed by atoms with Gasteiger partial charge in [-0.05, 0) is 43.2 Å². The topological polar surface area (TPSA) is 109 Å². The molecule has 0 spiro atoms. The molecule has 3 aromatic rings. The Morgan fingerprint density at radius 2 is 1.83 bits per heavy atom. The molecule has 30 heavy (non-hydrogen) atoms. The van der Waals surface area contributed by atoms with Crippen LogP contribution in [0.2, 0.25) is 0 Å². The summed E-state index contributed by atoms with van der Waals surface area (Å²) in [5.41, 5.74) is 5.16. The fraction of sp³-hybridized carbons (Fsp3) is 0.227. The van der Waals surface area contributed by atoms with Gasteiger partial charge < -0.3 is 15.3 Å². The molecule has 2 aromatic carbocycles. The molecular weight excluding hydrogens is 384 g/mol. The number of nitrogens with one attached hydrogen (secondary N) is 2. The van der Waals surface area contributed by atoms with Gasteiger partial charge in [0.25, 0.3) is 5.56 Å². The summed E-state index contributed by atoms with van der Waals surface area (Å²) in [5, 5.41) is 15.2. The number of nitrogens with zero attached hydrogens (tertiary/aromatic N) is 2. The van der Waals surface area contributed by atoms with E-state index in [1.54, 1.807) is 19.2 Å². The molecule has 8 heteroatoms. The van der Waals surface area contributed by atoms with E-state index in [1.165, 1.54) is 0 Å². The van der Waals surface area contributed by atoms with E-state index >= 15 is 0 Å². The number of methoxy groups -OCH3 is 1. The van der Waals surface area contributed by atoms with E-state index in [2.05, 4.69) is 15.5 Å². The Balaban J connectivity index is 1.77. The van der Waals surface area contributed by atoms with E-state index in [-0.39, 0.29) is 11.6 Å². The van der Waals surface area contributed by atoms with Crippen molar-refractivity contribution in [2.24, 2.45) is 5.10 Å². The summed E-state index contributed by atoms with van der Waals surface area (Å²) >= 11 is 0. The first-order valence-corrected chi connectivity index (χ1v) is 9.51. The molecule has 8 nitrogen and oxygen atoms in total. The molecule has 0 amide bonds. The molecule has 154 valence electrons. The van der Waals surface area contributed by atoms with Gasteiger partial charge in [-0.2, -0.15) is 5.10 Å². The standard InChI is InChI=1S/C22H22N4O4/c1-12-8-13(2)10-14(9-12)26-21(28)19(20(27)23-22(26)29)17-11-16(24-25-17)15-6-4-5-7-18(15)30-3/h4-10,16,24,28H,11H2,1-3H3,(H,23,27,29). The van der Waals surface area contributed by atoms with Crippen molar-refractivity contribution in [3.63, 3.8) is 0 Å². The predicted octanol–water partition coefficient (Wildman–Crippen LogP) is 2.30. The van der Waals surface area contributed by atoms with Crippen molar-refractivity contribution in [2.45, 2.75) is 26.3 Å². The minimum atomic E-state index is -0.709. The van der Waals surface area contributed by atoms with Gasteiger partial charge in [0.1, 0.15) is 11.3 Å². The molecule has 0 fully saturated rings. The first-order chi connectivity index (χ1) is 14.4. The molecule has 4 rings (SSSR count). The zero-order valence-electron chi connectivity index (χ0n) is 16.9. The molecule has 3 N–H and O–H groups in total. The Morgan fingerprint density at radius 1 is 1.13 bits per heavy atom. The number of benzene rings is 2. The van der Waals surface area contributed by atoms with Gasteiger partial charge in [-0.3, -0.25) is 9.78 Å². The van der Waals surface area contributed by atoms with E-state index in [0.29, 0.717) is 23.6 Å². The highest BCUT2D eigenvalue weighted by Gasteiger charge is 2.29. The molecule has 0 bridgehead atoms. The molecule has 1 aliphatic heterocycles. The molecule has 1 unspecified atom stereocenters. The Labute approximate surface area is 172 Å². The second kappa shape index (κ2) is 7.55. The lowest BCUT2D eigenvalue weighted by molar-refractivity contribution is 0.402. The van der Waals surface area contributed by atoms with Crippen LogP contribution < -0.4 is 21.4 Å². The number of hydrazone groups is 1. The van der Waals surface area contributed by atoms with Crippen molar-refractivity contribution >= 4 is 5.71 Å². The third kappa shape index (κ3) is 3.36. The van der Waals surface area contributed by atoms with Crippen molar-refractivity contribution in [1.82, 2.24) is 15.0 Å². The fourth-order valence-corrected chi connectivity index (χ4v) is 3.84. The van der Waals surface area contributed by atoms with Crippen LogP contribution >= 0.6 is 0 Å². The summed E-state index contributed by atoms with van der Waals surface area (Å²) in [6.07, 6.45) is 0.349. The lowest BCUT2D eigenvalue weighted by Gasteiger charge is -2.15. The van der Waals surface area contributed by atoms with Crippen LogP contribution in [-0.2, 0) is 0 Å². The van der Waals surface area contributed by atoms with Gasteiger partial charge in [0.15, 0.2) is 0 Å². The van der Waals surface area contributed by atoms with Crippen molar-refractivity contribution < 1.29 is 9.84 Å². The number of hydrogen-bond donors (Lipinski definition) is 3. The Morgan fingerprint density at radius 3 is 2.53 bits per heavy atom. The Hall–Kier alpha value is -3.81. The smallest absolute Gasteiger partial charge is 0.335 e. The van der Waals surface area contributed by atoms with E-state index in [0.717, 1.165) is 21.3 Å². The number of rotatable bonds is 4. The van der Waals surface area contributed by atoms with E-state index < -0.39 is 17.1 Å². The van der Waals surface area contributed by atoms with Gasteiger partial charge in [-0.25, -0.2) is 9.36 Å². The maximum Gasteiger partial charge on any atom is 0.335 e. The van der Waals surface area contributed by atoms with Crippen LogP contribution in [0.3, 0.4) is 0 Å². The lowest BCUT2D eigenvalue weighted by atomic mass is 9.99. The minimum absolute atomic E-state index is 0.0290. The zero-order valence-corrected chi connectivity index (χ0v) is 16.9. The van der Waals surface area contributed by atoms with E-state index in [9.17, 15) is 14.7 Å². The number of ether oxygens (including phenoxy) is 1. The molecule has 2 heterocycles. The van der Waals surface area contributed by atoms with E-state index in [4.69, 9.17) is 4.74 Å². The molecule has 0 radical (unpaired) electrons. The number of aromatic nitrogens is 2. The van der Waals surface area contributed by atoms with Crippen LogP contribution in [0.15, 0.2) is 57.2 Å². The first kappa shape index (κ1) is 19.5. The van der Waals surface area contributed by atoms with Crippen LogP contribution in [0.25, 0.3) is 5.69 Å². The monoisotopic (exact) mass is 406 g/mol. The third-order valence-corrected chi connectivity index (χ3v) is 5.11. The zero-order chi connectivity index (χ0) is 21.4. The molecule has 0 aliphatic carbocycles. The van der Waals surface area contributed by atoms with Gasteiger partial charge in [-0.15, -0.1) is 0 Å². The molecule has 0 saturated heterocycles. The first-order valence-electron chi connectivity index (χ1n) is 9.51. The quantitative estimate of drug-likeness (QED) is 0.616. The maximum absolute atomic E-state index is 12.6. The van der Waals surface area contributed by atoms with Crippen molar-refractivity contribution in [1.29, 1.82) is 0 Å². The molecule has 1 aliphatic rings. The molecule has 0 saturated carbocycles. The number of aromatic hydroxyl groups is 1. The largest absolute Gasteiger partial charge is 0.496 e. The molecule has 1 atom stereocenters. The number of aromatic amines is 1. The van der Waals surface area contributed by atoms with Crippen molar-refractivity contribution in [3.8, 4) is 17.3 Å². The average Bonchev–Trinajstić information content (AvgIpc) is 3.16. The molecular formula is C22H22N4O4. The van der Waals surface area contributed by atoms with Crippen LogP contribution in [0, 0.1) is 13.8 Å². The lowest BCUT2D eigenvalue weighted by Crippen LogP contribution is -2.33. The van der Waals surface area contributed by atoms with Gasteiger partial charge in [0.05, 0.1) is 24.6 Å². The summed E-state index contributed by atoms with van der Waals surface area (Å²) < 4.78 is 6.50. The minimum Gasteiger partial charge on any atom is -0.496 e. The van der Waals surface area contributed by atoms with Crippen molar-refractivity contribution in [2.75, 3.05) is 7.11 Å². The summed E-state index contributed by atoms with van der Waals surface area (Å²) in [6.45, 7) is 3.79. The maximum atomic E-state index is 12.6. The Bertz CT molecular complexity index is 1250. The highest BCUT2D eigenvalue weighted by Crippen LogP contribution is 2.32. The fourth-order valence-electron chi connectivity index (χ4n) is 3.84. The predicted molar refractivity (Wildman–Crippen MR) is 114 cm³/mol. The van der Waals surface area contributed by atoms with Gasteiger partial charge in [0, 0.05) is 12.0 Å². The van der Waals surface area contributed by atoms with Crippen LogP contribution in [0.4, 0.5) is 0 Å². The number of para-hydroxylation sites is 1. The van der Waals surface area contributed by atoms with Crippen LogP contribution in [-0.4, -0.2) is 27.5 Å². The highest BCUT2D eigenvalue weighted by molar-refractivity contribution is 6.03. The summed E-state index contributed by atoms with van der Waals surface area (Å²) in [7, 11) is 1.59. The van der Waals surface area contributed by atoms with Crippen molar-refractivity contribution in [3.05, 3.63) is 85.6 Å². The van der Waals surface area contributed by atoms with E-state index in [1.807, 2.05) is 44.2 Å². The SMILES string of the molecule is COc1ccccc1C1CC(c2c(O)n(-c3cc(C)cc(C)c3)c(=O)[nH]c2=O)=NN1.